The van der Waals surface area contributed by atoms with E-state index in [0.29, 0.717) is 11.2 Å². The summed E-state index contributed by atoms with van der Waals surface area (Å²) in [6, 6.07) is 8.80. The molecular formula is C45H30O. The van der Waals surface area contributed by atoms with E-state index in [9.17, 15) is 8.22 Å². The third kappa shape index (κ3) is 4.48. The lowest BCUT2D eigenvalue weighted by atomic mass is 9.86. The van der Waals surface area contributed by atoms with Gasteiger partial charge in [-0.05, 0) is 96.7 Å². The minimum absolute atomic E-state index is 0.128. The molecule has 0 atom stereocenters. The Bertz CT molecular complexity index is 3370. The van der Waals surface area contributed by atoms with Crippen molar-refractivity contribution in [3.05, 3.63) is 181 Å². The number of fused-ring (bicyclic) bond motifs is 5. The van der Waals surface area contributed by atoms with Crippen molar-refractivity contribution < 1.29 is 27.7 Å². The Morgan fingerprint density at radius 2 is 1.02 bits per heavy atom. The Morgan fingerprint density at radius 3 is 1.74 bits per heavy atom. The van der Waals surface area contributed by atoms with E-state index in [1.165, 1.54) is 0 Å². The van der Waals surface area contributed by atoms with Gasteiger partial charge in [-0.3, -0.25) is 0 Å². The van der Waals surface area contributed by atoms with Gasteiger partial charge in [-0.25, -0.2) is 0 Å². The first kappa shape index (κ1) is 14.5. The lowest BCUT2D eigenvalue weighted by Crippen LogP contribution is -1.95. The summed E-state index contributed by atoms with van der Waals surface area (Å²) in [6.07, 6.45) is -0.654. The van der Waals surface area contributed by atoms with Gasteiger partial charge in [0.05, 0.1) is 23.3 Å². The molecule has 0 N–H and O–H groups in total. The molecule has 0 aliphatic rings. The van der Waals surface area contributed by atoms with Crippen LogP contribution in [0.3, 0.4) is 0 Å². The van der Waals surface area contributed by atoms with Gasteiger partial charge in [-0.15, -0.1) is 0 Å². The van der Waals surface area contributed by atoms with Gasteiger partial charge in [0.2, 0.25) is 0 Å². The molecule has 0 fully saturated rings. The van der Waals surface area contributed by atoms with E-state index in [-0.39, 0.29) is 33.0 Å². The lowest BCUT2D eigenvalue weighted by molar-refractivity contribution is 0.669. The molecule has 1 aromatic heterocycles. The molecule has 8 aromatic carbocycles. The molecule has 0 aliphatic heterocycles. The smallest absolute Gasteiger partial charge is 0.136 e. The number of hydrogen-bond acceptors (Lipinski definition) is 1. The van der Waals surface area contributed by atoms with Crippen LogP contribution in [0.2, 0.25) is 0 Å². The Labute approximate surface area is 291 Å². The highest BCUT2D eigenvalue weighted by Gasteiger charge is 2.16. The number of hydrogen-bond donors (Lipinski definition) is 0. The standard InChI is InChI=1S/C45H30O/c1-3-11-30(12-4-1)27-41-36-15-7-9-17-39(36)45(40-18-10-8-16-37(40)41)33-21-19-32(20-22-33)35-23-25-38-42-28-34(31-13-5-2-6-14-31)24-26-43(42)46-44(38)29-35/h1-26,28-29H,27H2/i1D,3D,4D,7D,8D,9D,10D,11D,12D,15D,16D,17D,18D,19D,20D,21D,22D. The molecule has 9 rings (SSSR count). The summed E-state index contributed by atoms with van der Waals surface area (Å²) in [4.78, 5) is 0. The molecule has 0 saturated carbocycles. The van der Waals surface area contributed by atoms with Crippen LogP contribution in [-0.4, -0.2) is 0 Å². The van der Waals surface area contributed by atoms with Gasteiger partial charge in [0.1, 0.15) is 11.2 Å². The maximum Gasteiger partial charge on any atom is 0.136 e. The number of benzene rings is 8. The Balaban J connectivity index is 1.36. The fourth-order valence-electron chi connectivity index (χ4n) is 6.00. The maximum absolute atomic E-state index is 9.46. The first-order valence-electron chi connectivity index (χ1n) is 23.0. The fraction of sp³-hybridized carbons (Fsp3) is 0.0222. The second-order valence-electron chi connectivity index (χ2n) is 10.8. The molecule has 0 spiro atoms. The van der Waals surface area contributed by atoms with Crippen molar-refractivity contribution in [3.8, 4) is 33.4 Å². The SMILES string of the molecule is [2H]c1c([2H])c([2H])c(Cc2c3c([2H])c([2H])c([2H])c([2H])c3c(-c3c([2H])c([2H])c(-c4ccc5c(c4)oc4ccc(-c6ccccc6)cc45)c([2H])c3[2H])c3c([2H])c([2H])c([2H])c([2H])c23)c([2H])c1[2H]. The third-order valence-corrected chi connectivity index (χ3v) is 8.13. The summed E-state index contributed by atoms with van der Waals surface area (Å²) in [6.45, 7) is 0. The van der Waals surface area contributed by atoms with E-state index < -0.39 is 131 Å². The van der Waals surface area contributed by atoms with Crippen molar-refractivity contribution in [3.63, 3.8) is 0 Å². The summed E-state index contributed by atoms with van der Waals surface area (Å²) in [7, 11) is 0. The molecule has 0 amide bonds. The first-order chi connectivity index (χ1) is 29.9. The minimum Gasteiger partial charge on any atom is -0.456 e. The quantitative estimate of drug-likeness (QED) is 0.178. The topological polar surface area (TPSA) is 13.1 Å². The molecule has 0 radical (unpaired) electrons. The molecule has 0 unspecified atom stereocenters. The van der Waals surface area contributed by atoms with Crippen LogP contribution in [-0.2, 0) is 6.42 Å². The van der Waals surface area contributed by atoms with Crippen LogP contribution in [0.5, 0.6) is 0 Å². The highest BCUT2D eigenvalue weighted by Crippen LogP contribution is 2.41. The van der Waals surface area contributed by atoms with Crippen LogP contribution in [0.4, 0.5) is 0 Å². The summed E-state index contributed by atoms with van der Waals surface area (Å²) in [5, 5.41) is 0.0270. The fourth-order valence-corrected chi connectivity index (χ4v) is 6.00. The van der Waals surface area contributed by atoms with E-state index >= 15 is 0 Å². The molecule has 1 nitrogen and oxygen atoms in total. The molecule has 46 heavy (non-hydrogen) atoms. The second kappa shape index (κ2) is 10.9. The van der Waals surface area contributed by atoms with Crippen molar-refractivity contribution in [2.75, 3.05) is 0 Å². The summed E-state index contributed by atoms with van der Waals surface area (Å²) < 4.78 is 157. The second-order valence-corrected chi connectivity index (χ2v) is 10.8. The Kier molecular flexibility index (Phi) is 3.43. The Morgan fingerprint density at radius 1 is 0.413 bits per heavy atom. The normalized spacial score (nSPS) is 16.7. The molecular weight excluding hydrogens is 556 g/mol. The van der Waals surface area contributed by atoms with Crippen LogP contribution in [0.25, 0.3) is 76.9 Å². The zero-order chi connectivity index (χ0) is 45.2. The zero-order valence-electron chi connectivity index (χ0n) is 41.0. The molecule has 1 heteroatoms. The van der Waals surface area contributed by atoms with Crippen molar-refractivity contribution in [1.82, 2.24) is 0 Å². The van der Waals surface area contributed by atoms with Gasteiger partial charge in [0.15, 0.2) is 0 Å². The zero-order valence-corrected chi connectivity index (χ0v) is 24.0. The van der Waals surface area contributed by atoms with Gasteiger partial charge in [0, 0.05) is 10.8 Å². The molecule has 0 aliphatic carbocycles. The van der Waals surface area contributed by atoms with Crippen molar-refractivity contribution >= 4 is 43.5 Å². The summed E-state index contributed by atoms with van der Waals surface area (Å²) in [5.41, 5.74) is 1.63. The lowest BCUT2D eigenvalue weighted by Gasteiger charge is -2.18. The van der Waals surface area contributed by atoms with E-state index in [2.05, 4.69) is 0 Å². The van der Waals surface area contributed by atoms with Gasteiger partial charge in [-0.2, -0.15) is 0 Å². The largest absolute Gasteiger partial charge is 0.456 e. The average Bonchev–Trinajstić information content (AvgIpc) is 3.65. The van der Waals surface area contributed by atoms with Crippen LogP contribution in [0, 0.1) is 0 Å². The van der Waals surface area contributed by atoms with E-state index in [1.54, 1.807) is 18.2 Å². The maximum atomic E-state index is 9.46. The third-order valence-electron chi connectivity index (χ3n) is 8.13. The summed E-state index contributed by atoms with van der Waals surface area (Å²) >= 11 is 0. The van der Waals surface area contributed by atoms with Crippen molar-refractivity contribution in [1.29, 1.82) is 0 Å². The van der Waals surface area contributed by atoms with Crippen LogP contribution in [0.1, 0.15) is 34.4 Å². The monoisotopic (exact) mass is 603 g/mol. The highest BCUT2D eigenvalue weighted by atomic mass is 16.3. The van der Waals surface area contributed by atoms with Crippen LogP contribution in [0.15, 0.2) is 174 Å². The van der Waals surface area contributed by atoms with Crippen molar-refractivity contribution in [2.45, 2.75) is 6.42 Å². The predicted octanol–water partition coefficient (Wildman–Crippen LogP) is 12.5. The molecule has 1 heterocycles. The predicted molar refractivity (Wildman–Crippen MR) is 194 cm³/mol. The highest BCUT2D eigenvalue weighted by molar-refractivity contribution is 6.15. The number of furan rings is 1. The van der Waals surface area contributed by atoms with Crippen LogP contribution >= 0.6 is 0 Å². The molecule has 9 aromatic rings. The average molecular weight is 604 g/mol. The van der Waals surface area contributed by atoms with E-state index in [4.69, 9.17) is 19.5 Å². The Hall–Kier alpha value is -5.92. The van der Waals surface area contributed by atoms with E-state index in [1.807, 2.05) is 48.5 Å². The van der Waals surface area contributed by atoms with E-state index in [0.717, 1.165) is 21.9 Å². The molecule has 216 valence electrons. The van der Waals surface area contributed by atoms with Crippen LogP contribution < -0.4 is 0 Å². The first-order valence-corrected chi connectivity index (χ1v) is 14.5. The van der Waals surface area contributed by atoms with Gasteiger partial charge in [-0.1, -0.05) is 145 Å². The van der Waals surface area contributed by atoms with Gasteiger partial charge >= 0.3 is 0 Å². The minimum atomic E-state index is -0.774. The summed E-state index contributed by atoms with van der Waals surface area (Å²) in [5.74, 6) is 0. The van der Waals surface area contributed by atoms with Gasteiger partial charge < -0.3 is 4.42 Å². The molecule has 0 bridgehead atoms. The van der Waals surface area contributed by atoms with Gasteiger partial charge in [0.25, 0.3) is 0 Å². The molecule has 0 saturated heterocycles. The van der Waals surface area contributed by atoms with Crippen molar-refractivity contribution in [2.24, 2.45) is 0 Å². The number of rotatable bonds is 5.